The molecule has 1 fully saturated rings. The first kappa shape index (κ1) is 14.1. The van der Waals surface area contributed by atoms with E-state index in [1.54, 1.807) is 0 Å². The van der Waals surface area contributed by atoms with Crippen molar-refractivity contribution in [3.63, 3.8) is 0 Å². The molecule has 0 N–H and O–H groups in total. The van der Waals surface area contributed by atoms with E-state index in [4.69, 9.17) is 4.74 Å². The van der Waals surface area contributed by atoms with E-state index in [0.717, 1.165) is 12.2 Å². The summed E-state index contributed by atoms with van der Waals surface area (Å²) in [6.07, 6.45) is 7.16. The Morgan fingerprint density at radius 3 is 2.89 bits per heavy atom. The second kappa shape index (κ2) is 6.70. The van der Waals surface area contributed by atoms with E-state index < -0.39 is 0 Å². The molecular weight excluding hydrogens is 242 g/mol. The molecule has 106 valence electrons. The number of ether oxygens (including phenoxy) is 1. The van der Waals surface area contributed by atoms with Crippen molar-refractivity contribution in [3.05, 3.63) is 18.0 Å². The summed E-state index contributed by atoms with van der Waals surface area (Å²) in [7, 11) is 1.42. The molecule has 0 spiro atoms. The van der Waals surface area contributed by atoms with Gasteiger partial charge in [0, 0.05) is 12.7 Å². The van der Waals surface area contributed by atoms with Crippen LogP contribution in [0.2, 0.25) is 0 Å². The molecule has 2 rings (SSSR count). The first-order valence-corrected chi connectivity index (χ1v) is 7.06. The number of carbonyl (C=O) groups excluding carboxylic acids is 1. The number of hydrogen-bond donors (Lipinski definition) is 0. The highest BCUT2D eigenvalue weighted by Crippen LogP contribution is 2.28. The maximum atomic E-state index is 11.3. The number of nitrogens with zero attached hydrogens (tertiary/aromatic N) is 3. The minimum absolute atomic E-state index is 0.197. The van der Waals surface area contributed by atoms with Crippen LogP contribution in [0.25, 0.3) is 0 Å². The SMILES string of the molecule is CCN(CC(=O)OC)Cc1ccn(C2CCCC2)n1. The van der Waals surface area contributed by atoms with Gasteiger partial charge in [0.25, 0.3) is 0 Å². The minimum Gasteiger partial charge on any atom is -0.468 e. The van der Waals surface area contributed by atoms with Crippen LogP contribution in [0.4, 0.5) is 0 Å². The van der Waals surface area contributed by atoms with Crippen LogP contribution in [0.3, 0.4) is 0 Å². The molecule has 1 aromatic heterocycles. The number of aromatic nitrogens is 2. The van der Waals surface area contributed by atoms with Gasteiger partial charge in [0.15, 0.2) is 0 Å². The highest BCUT2D eigenvalue weighted by Gasteiger charge is 2.18. The molecule has 1 aliphatic carbocycles. The van der Waals surface area contributed by atoms with Gasteiger partial charge in [0.1, 0.15) is 0 Å². The molecule has 5 heteroatoms. The zero-order valence-electron chi connectivity index (χ0n) is 11.8. The van der Waals surface area contributed by atoms with Crippen LogP contribution in [0.5, 0.6) is 0 Å². The molecule has 0 radical (unpaired) electrons. The Morgan fingerprint density at radius 1 is 1.53 bits per heavy atom. The Labute approximate surface area is 114 Å². The molecule has 0 amide bonds. The van der Waals surface area contributed by atoms with Gasteiger partial charge in [-0.2, -0.15) is 5.10 Å². The van der Waals surface area contributed by atoms with Gasteiger partial charge < -0.3 is 4.74 Å². The lowest BCUT2D eigenvalue weighted by Gasteiger charge is -2.17. The third kappa shape index (κ3) is 3.80. The molecule has 1 saturated carbocycles. The molecule has 5 nitrogen and oxygen atoms in total. The van der Waals surface area contributed by atoms with Crippen molar-refractivity contribution in [3.8, 4) is 0 Å². The summed E-state index contributed by atoms with van der Waals surface area (Å²) in [6.45, 7) is 3.87. The zero-order valence-corrected chi connectivity index (χ0v) is 11.8. The van der Waals surface area contributed by atoms with Gasteiger partial charge in [-0.05, 0) is 25.5 Å². The molecule has 1 heterocycles. The van der Waals surface area contributed by atoms with Gasteiger partial charge in [-0.25, -0.2) is 0 Å². The average molecular weight is 265 g/mol. The number of carbonyl (C=O) groups is 1. The molecule has 0 unspecified atom stereocenters. The van der Waals surface area contributed by atoms with E-state index in [0.29, 0.717) is 19.1 Å². The van der Waals surface area contributed by atoms with Gasteiger partial charge in [-0.3, -0.25) is 14.4 Å². The van der Waals surface area contributed by atoms with Crippen molar-refractivity contribution in [2.24, 2.45) is 0 Å². The van der Waals surface area contributed by atoms with Gasteiger partial charge in [-0.15, -0.1) is 0 Å². The highest BCUT2D eigenvalue weighted by atomic mass is 16.5. The van der Waals surface area contributed by atoms with Crippen LogP contribution in [0.15, 0.2) is 12.3 Å². The van der Waals surface area contributed by atoms with E-state index in [-0.39, 0.29) is 5.97 Å². The molecule has 1 aromatic rings. The number of hydrogen-bond acceptors (Lipinski definition) is 4. The Hall–Kier alpha value is -1.36. The maximum absolute atomic E-state index is 11.3. The molecule has 19 heavy (non-hydrogen) atoms. The highest BCUT2D eigenvalue weighted by molar-refractivity contribution is 5.71. The number of methoxy groups -OCH3 is 1. The van der Waals surface area contributed by atoms with E-state index in [2.05, 4.69) is 22.0 Å². The monoisotopic (exact) mass is 265 g/mol. The summed E-state index contributed by atoms with van der Waals surface area (Å²) in [5.74, 6) is -0.197. The number of likely N-dealkylation sites (N-methyl/N-ethyl adjacent to an activating group) is 1. The van der Waals surface area contributed by atoms with Crippen molar-refractivity contribution >= 4 is 5.97 Å². The summed E-state index contributed by atoms with van der Waals surface area (Å²) in [5, 5.41) is 4.64. The summed E-state index contributed by atoms with van der Waals surface area (Å²) in [6, 6.07) is 2.63. The van der Waals surface area contributed by atoms with E-state index in [1.807, 2.05) is 11.8 Å². The van der Waals surface area contributed by atoms with Crippen LogP contribution in [-0.2, 0) is 16.1 Å². The zero-order chi connectivity index (χ0) is 13.7. The van der Waals surface area contributed by atoms with Crippen LogP contribution in [0.1, 0.15) is 44.3 Å². The predicted molar refractivity (Wildman–Crippen MR) is 72.7 cm³/mol. The molecule has 0 aromatic carbocycles. The van der Waals surface area contributed by atoms with Gasteiger partial charge >= 0.3 is 5.97 Å². The van der Waals surface area contributed by atoms with Crippen molar-refractivity contribution in [1.82, 2.24) is 14.7 Å². The number of esters is 1. The summed E-state index contributed by atoms with van der Waals surface area (Å²) >= 11 is 0. The first-order valence-electron chi connectivity index (χ1n) is 7.06. The molecule has 1 aliphatic rings. The molecule has 0 aliphatic heterocycles. The molecule has 0 atom stereocenters. The quantitative estimate of drug-likeness (QED) is 0.738. The van der Waals surface area contributed by atoms with Gasteiger partial charge in [0.2, 0.25) is 0 Å². The first-order chi connectivity index (χ1) is 9.22. The van der Waals surface area contributed by atoms with Crippen LogP contribution in [0, 0.1) is 0 Å². The Balaban J connectivity index is 1.92. The number of rotatable bonds is 6. The van der Waals surface area contributed by atoms with Crippen molar-refractivity contribution in [2.45, 2.75) is 45.2 Å². The van der Waals surface area contributed by atoms with Gasteiger partial charge in [-0.1, -0.05) is 19.8 Å². The minimum atomic E-state index is -0.197. The smallest absolute Gasteiger partial charge is 0.319 e. The molecule has 0 bridgehead atoms. The van der Waals surface area contributed by atoms with Crippen molar-refractivity contribution in [1.29, 1.82) is 0 Å². The third-order valence-corrected chi connectivity index (χ3v) is 3.78. The topological polar surface area (TPSA) is 47.4 Å². The molecule has 0 saturated heterocycles. The van der Waals surface area contributed by atoms with E-state index in [1.165, 1.54) is 32.8 Å². The second-order valence-corrected chi connectivity index (χ2v) is 5.10. The predicted octanol–water partition coefficient (Wildman–Crippen LogP) is 1.99. The van der Waals surface area contributed by atoms with Crippen molar-refractivity contribution in [2.75, 3.05) is 20.2 Å². The normalized spacial score (nSPS) is 16.2. The van der Waals surface area contributed by atoms with Crippen LogP contribution >= 0.6 is 0 Å². The lowest BCUT2D eigenvalue weighted by Crippen LogP contribution is -2.30. The fraction of sp³-hybridized carbons (Fsp3) is 0.714. The van der Waals surface area contributed by atoms with Crippen LogP contribution in [-0.4, -0.2) is 40.8 Å². The van der Waals surface area contributed by atoms with Crippen molar-refractivity contribution < 1.29 is 9.53 Å². The fourth-order valence-corrected chi connectivity index (χ4v) is 2.59. The standard InChI is InChI=1S/C14H23N3O2/c1-3-16(11-14(18)19-2)10-12-8-9-17(15-12)13-6-4-5-7-13/h8-9,13H,3-7,10-11H2,1-2H3. The summed E-state index contributed by atoms with van der Waals surface area (Å²) < 4.78 is 6.79. The Kier molecular flexibility index (Phi) is 4.96. The third-order valence-electron chi connectivity index (χ3n) is 3.78. The average Bonchev–Trinajstić information content (AvgIpc) is 3.08. The maximum Gasteiger partial charge on any atom is 0.319 e. The van der Waals surface area contributed by atoms with E-state index >= 15 is 0 Å². The van der Waals surface area contributed by atoms with Crippen LogP contribution < -0.4 is 0 Å². The fourth-order valence-electron chi connectivity index (χ4n) is 2.59. The Bertz CT molecular complexity index is 411. The molecular formula is C14H23N3O2. The summed E-state index contributed by atoms with van der Waals surface area (Å²) in [5.41, 5.74) is 1.03. The summed E-state index contributed by atoms with van der Waals surface area (Å²) in [4.78, 5) is 13.3. The van der Waals surface area contributed by atoms with E-state index in [9.17, 15) is 4.79 Å². The lowest BCUT2D eigenvalue weighted by atomic mass is 10.3. The lowest BCUT2D eigenvalue weighted by molar-refractivity contribution is -0.142. The van der Waals surface area contributed by atoms with Gasteiger partial charge in [0.05, 0.1) is 25.4 Å². The second-order valence-electron chi connectivity index (χ2n) is 5.10. The largest absolute Gasteiger partial charge is 0.468 e. The Morgan fingerprint density at radius 2 is 2.26 bits per heavy atom.